The molecule has 0 aliphatic heterocycles. The minimum atomic E-state index is -1.46. The van der Waals surface area contributed by atoms with E-state index in [-0.39, 0.29) is 0 Å². The van der Waals surface area contributed by atoms with Crippen LogP contribution in [0.15, 0.2) is 158 Å². The highest BCUT2D eigenvalue weighted by Crippen LogP contribution is 2.47. The summed E-state index contributed by atoms with van der Waals surface area (Å²) >= 11 is 0. The average Bonchev–Trinajstić information content (AvgIpc) is 3.14. The largest absolute Gasteiger partial charge is 0.310 e. The molecule has 0 saturated heterocycles. The van der Waals surface area contributed by atoms with Crippen LogP contribution < -0.4 is 15.0 Å². The van der Waals surface area contributed by atoms with E-state index in [2.05, 4.69) is 208 Å². The second-order valence-corrected chi connectivity index (χ2v) is 20.0. The van der Waals surface area contributed by atoms with Crippen LogP contribution in [0.2, 0.25) is 19.6 Å². The third-order valence-electron chi connectivity index (χ3n) is 10.2. The first kappa shape index (κ1) is 32.6. The van der Waals surface area contributed by atoms with Gasteiger partial charge in [-0.3, -0.25) is 0 Å². The monoisotopic (exact) mass is 676 g/mol. The number of hydrogen-bond donors (Lipinski definition) is 0. The Kier molecular flexibility index (Phi) is 8.24. The molecule has 0 aromatic heterocycles. The van der Waals surface area contributed by atoms with Crippen molar-refractivity contribution in [1.29, 1.82) is 0 Å². The molecular formula is C48H44N2Si. The highest BCUT2D eigenvalue weighted by molar-refractivity contribution is 6.88. The molecule has 3 heteroatoms. The summed E-state index contributed by atoms with van der Waals surface area (Å²) in [6.45, 7) is 13.7. The van der Waals surface area contributed by atoms with Gasteiger partial charge >= 0.3 is 0 Å². The van der Waals surface area contributed by atoms with Crippen LogP contribution >= 0.6 is 0 Å². The second kappa shape index (κ2) is 12.9. The lowest BCUT2D eigenvalue weighted by molar-refractivity contribution is 1.28. The van der Waals surface area contributed by atoms with Gasteiger partial charge in [0.25, 0.3) is 0 Å². The van der Waals surface area contributed by atoms with Crippen LogP contribution in [-0.2, 0) is 0 Å². The zero-order valence-corrected chi connectivity index (χ0v) is 31.4. The number of fused-ring (bicyclic) bond motifs is 5. The minimum absolute atomic E-state index is 1.14. The second-order valence-electron chi connectivity index (χ2n) is 15.0. The van der Waals surface area contributed by atoms with Crippen molar-refractivity contribution < 1.29 is 0 Å². The lowest BCUT2D eigenvalue weighted by atomic mass is 9.93. The SMILES string of the molecule is Cc1ccc(N(c2ccc(C)cc2)c2cc3c4ccccc4c(N(c4ccc(C)cc4)c4ccc([Si](C)(C)C)cc4)cc3c3ccccc23)cc1. The van der Waals surface area contributed by atoms with E-state index in [9.17, 15) is 0 Å². The molecule has 0 radical (unpaired) electrons. The van der Waals surface area contributed by atoms with E-state index in [4.69, 9.17) is 0 Å². The summed E-state index contributed by atoms with van der Waals surface area (Å²) in [5.41, 5.74) is 10.7. The maximum atomic E-state index is 2.45. The van der Waals surface area contributed by atoms with E-state index in [1.165, 1.54) is 65.6 Å². The molecule has 0 aliphatic rings. The fourth-order valence-corrected chi connectivity index (χ4v) is 8.50. The lowest BCUT2D eigenvalue weighted by Crippen LogP contribution is -2.37. The molecule has 8 aromatic rings. The molecule has 0 saturated carbocycles. The van der Waals surface area contributed by atoms with Crippen molar-refractivity contribution in [2.45, 2.75) is 40.4 Å². The van der Waals surface area contributed by atoms with Crippen LogP contribution in [0.3, 0.4) is 0 Å². The van der Waals surface area contributed by atoms with Crippen LogP contribution in [0, 0.1) is 20.8 Å². The van der Waals surface area contributed by atoms with Gasteiger partial charge in [0.15, 0.2) is 0 Å². The highest BCUT2D eigenvalue weighted by Gasteiger charge is 2.23. The summed E-state index contributed by atoms with van der Waals surface area (Å²) in [7, 11) is -1.46. The quantitative estimate of drug-likeness (QED) is 0.122. The molecule has 0 amide bonds. The lowest BCUT2D eigenvalue weighted by Gasteiger charge is -2.30. The summed E-state index contributed by atoms with van der Waals surface area (Å²) in [6.07, 6.45) is 0. The molecule has 8 aromatic carbocycles. The Labute approximate surface area is 303 Å². The number of benzene rings is 8. The predicted octanol–water partition coefficient (Wildman–Crippen LogP) is 13.6. The van der Waals surface area contributed by atoms with E-state index < -0.39 is 8.07 Å². The van der Waals surface area contributed by atoms with Crippen LogP contribution in [0.4, 0.5) is 34.1 Å². The smallest absolute Gasteiger partial charge is 0.0775 e. The highest BCUT2D eigenvalue weighted by atomic mass is 28.3. The maximum Gasteiger partial charge on any atom is 0.0775 e. The number of aryl methyl sites for hydroxylation is 3. The van der Waals surface area contributed by atoms with E-state index in [1.54, 1.807) is 0 Å². The first-order valence-corrected chi connectivity index (χ1v) is 21.4. The van der Waals surface area contributed by atoms with Crippen molar-refractivity contribution >= 4 is 79.7 Å². The Morgan fingerprint density at radius 3 is 0.941 bits per heavy atom. The van der Waals surface area contributed by atoms with Gasteiger partial charge in [-0.15, -0.1) is 0 Å². The molecule has 8 rings (SSSR count). The molecule has 0 aliphatic carbocycles. The molecule has 250 valence electrons. The fraction of sp³-hybridized carbons (Fsp3) is 0.125. The van der Waals surface area contributed by atoms with E-state index >= 15 is 0 Å². The number of rotatable bonds is 7. The van der Waals surface area contributed by atoms with Crippen molar-refractivity contribution in [1.82, 2.24) is 0 Å². The van der Waals surface area contributed by atoms with Gasteiger partial charge in [0.05, 0.1) is 19.4 Å². The fourth-order valence-electron chi connectivity index (χ4n) is 7.33. The number of anilines is 6. The van der Waals surface area contributed by atoms with Gasteiger partial charge in [0, 0.05) is 33.5 Å². The first-order valence-electron chi connectivity index (χ1n) is 17.9. The zero-order valence-electron chi connectivity index (χ0n) is 30.4. The van der Waals surface area contributed by atoms with Gasteiger partial charge in [-0.05, 0) is 103 Å². The Balaban J connectivity index is 1.43. The van der Waals surface area contributed by atoms with Crippen LogP contribution in [0.5, 0.6) is 0 Å². The standard InChI is InChI=1S/C48H44N2Si/c1-33-15-21-36(22-16-33)49(37-23-17-34(2)18-24-37)47-31-45-42-12-8-10-14-44(42)48(32-46(45)41-11-7-9-13-43(41)47)50(38-25-19-35(3)20-26-38)39-27-29-40(30-28-39)51(4,5)6/h7-32H,1-6H3. The molecule has 0 heterocycles. The summed E-state index contributed by atoms with van der Waals surface area (Å²) < 4.78 is 0. The number of hydrogen-bond acceptors (Lipinski definition) is 2. The van der Waals surface area contributed by atoms with Gasteiger partial charge < -0.3 is 9.80 Å². The molecule has 51 heavy (non-hydrogen) atoms. The molecule has 0 spiro atoms. The first-order chi connectivity index (χ1) is 24.7. The van der Waals surface area contributed by atoms with Crippen LogP contribution in [0.1, 0.15) is 16.7 Å². The predicted molar refractivity (Wildman–Crippen MR) is 226 cm³/mol. The number of nitrogens with zero attached hydrogens (tertiary/aromatic N) is 2. The summed E-state index contributed by atoms with van der Waals surface area (Å²) in [5.74, 6) is 0. The van der Waals surface area contributed by atoms with Crippen LogP contribution in [-0.4, -0.2) is 8.07 Å². The molecule has 0 atom stereocenters. The molecule has 0 N–H and O–H groups in total. The van der Waals surface area contributed by atoms with Crippen molar-refractivity contribution in [2.24, 2.45) is 0 Å². The Hall–Kier alpha value is -5.64. The Morgan fingerprint density at radius 1 is 0.333 bits per heavy atom. The third kappa shape index (κ3) is 6.09. The summed E-state index contributed by atoms with van der Waals surface area (Å²) in [6, 6.07) is 58.7. The molecule has 2 nitrogen and oxygen atoms in total. The van der Waals surface area contributed by atoms with Crippen LogP contribution in [0.25, 0.3) is 32.3 Å². The topological polar surface area (TPSA) is 6.48 Å². The third-order valence-corrected chi connectivity index (χ3v) is 12.3. The Bertz CT molecular complexity index is 2460. The normalized spacial score (nSPS) is 11.7. The Morgan fingerprint density at radius 2 is 0.627 bits per heavy atom. The van der Waals surface area contributed by atoms with Crippen molar-refractivity contribution in [2.75, 3.05) is 9.80 Å². The van der Waals surface area contributed by atoms with Gasteiger partial charge in [0.1, 0.15) is 0 Å². The average molecular weight is 677 g/mol. The van der Waals surface area contributed by atoms with Gasteiger partial charge in [-0.1, -0.05) is 139 Å². The summed E-state index contributed by atoms with van der Waals surface area (Å²) in [4.78, 5) is 4.87. The van der Waals surface area contributed by atoms with E-state index in [0.29, 0.717) is 0 Å². The maximum absolute atomic E-state index is 2.45. The van der Waals surface area contributed by atoms with E-state index in [1.807, 2.05) is 0 Å². The van der Waals surface area contributed by atoms with Crippen molar-refractivity contribution in [3.05, 3.63) is 174 Å². The van der Waals surface area contributed by atoms with Gasteiger partial charge in [0.2, 0.25) is 0 Å². The zero-order chi connectivity index (χ0) is 35.3. The van der Waals surface area contributed by atoms with Crippen molar-refractivity contribution in [3.8, 4) is 0 Å². The van der Waals surface area contributed by atoms with Gasteiger partial charge in [-0.2, -0.15) is 0 Å². The van der Waals surface area contributed by atoms with Gasteiger partial charge in [-0.25, -0.2) is 0 Å². The van der Waals surface area contributed by atoms with E-state index in [0.717, 1.165) is 22.7 Å². The molecule has 0 bridgehead atoms. The molecule has 0 unspecified atom stereocenters. The summed E-state index contributed by atoms with van der Waals surface area (Å²) in [5, 5.41) is 8.85. The molecular weight excluding hydrogens is 633 g/mol. The molecule has 0 fully saturated rings. The minimum Gasteiger partial charge on any atom is -0.310 e. The van der Waals surface area contributed by atoms with Crippen molar-refractivity contribution in [3.63, 3.8) is 0 Å².